The molecule has 144 valence electrons. The number of carbonyl (C=O) groups excluding carboxylic acids is 1. The molecule has 1 amide bonds. The van der Waals surface area contributed by atoms with E-state index in [1.165, 1.54) is 6.07 Å². The van der Waals surface area contributed by atoms with Gasteiger partial charge in [0.2, 0.25) is 0 Å². The Morgan fingerprint density at radius 2 is 2.00 bits per heavy atom. The van der Waals surface area contributed by atoms with Crippen LogP contribution < -0.4 is 10.2 Å². The lowest BCUT2D eigenvalue weighted by atomic mass is 10.1. The first-order valence-corrected chi connectivity index (χ1v) is 10.2. The van der Waals surface area contributed by atoms with Crippen LogP contribution in [0, 0.1) is 17.2 Å². The molecule has 0 fully saturated rings. The molecule has 8 heteroatoms. The van der Waals surface area contributed by atoms with Crippen molar-refractivity contribution < 1.29 is 13.2 Å². The van der Waals surface area contributed by atoms with Crippen LogP contribution in [-0.2, 0) is 10.0 Å². The number of benzene rings is 2. The van der Waals surface area contributed by atoms with E-state index in [-0.39, 0.29) is 10.5 Å². The van der Waals surface area contributed by atoms with E-state index in [2.05, 4.69) is 9.71 Å². The number of anilines is 2. The zero-order valence-corrected chi connectivity index (χ0v) is 16.6. The Bertz CT molecular complexity index is 1110. The van der Waals surface area contributed by atoms with E-state index in [4.69, 9.17) is 5.26 Å². The van der Waals surface area contributed by atoms with Crippen LogP contribution in [0.15, 0.2) is 51.8 Å². The summed E-state index contributed by atoms with van der Waals surface area (Å²) in [6.45, 7) is 6.34. The van der Waals surface area contributed by atoms with Gasteiger partial charge >= 0.3 is 0 Å². The van der Waals surface area contributed by atoms with Gasteiger partial charge in [-0.2, -0.15) is 13.7 Å². The van der Waals surface area contributed by atoms with Gasteiger partial charge in [0.15, 0.2) is 0 Å². The van der Waals surface area contributed by atoms with Crippen molar-refractivity contribution in [1.29, 1.82) is 5.26 Å². The fourth-order valence-corrected chi connectivity index (χ4v) is 4.26. The van der Waals surface area contributed by atoms with Gasteiger partial charge in [-0.15, -0.1) is 4.40 Å². The SMILES string of the molecule is CC1=NS(=O)(=O)c2cc(C(=O)Nc3cccc(C#N)c3)ccc2N1CC(C)C. The van der Waals surface area contributed by atoms with Crippen molar-refractivity contribution in [3.8, 4) is 6.07 Å². The highest BCUT2D eigenvalue weighted by Crippen LogP contribution is 2.33. The van der Waals surface area contributed by atoms with Gasteiger partial charge in [0.05, 0.1) is 17.3 Å². The van der Waals surface area contributed by atoms with Crippen molar-refractivity contribution in [3.05, 3.63) is 53.6 Å². The van der Waals surface area contributed by atoms with Crippen LogP contribution >= 0.6 is 0 Å². The Morgan fingerprint density at radius 3 is 2.68 bits per heavy atom. The first-order chi connectivity index (χ1) is 13.2. The maximum absolute atomic E-state index is 12.6. The molecule has 0 atom stereocenters. The van der Waals surface area contributed by atoms with Crippen LogP contribution in [-0.4, -0.2) is 26.7 Å². The lowest BCUT2D eigenvalue weighted by molar-refractivity contribution is 0.102. The largest absolute Gasteiger partial charge is 0.328 e. The predicted octanol–water partition coefficient (Wildman–Crippen LogP) is 3.39. The van der Waals surface area contributed by atoms with Crippen LogP contribution in [0.1, 0.15) is 36.7 Å². The number of hydrogen-bond donors (Lipinski definition) is 1. The van der Waals surface area contributed by atoms with Crippen molar-refractivity contribution in [2.45, 2.75) is 25.7 Å². The second kappa shape index (κ2) is 7.44. The summed E-state index contributed by atoms with van der Waals surface area (Å²) >= 11 is 0. The van der Waals surface area contributed by atoms with Gasteiger partial charge in [-0.05, 0) is 49.2 Å². The lowest BCUT2D eigenvalue weighted by Gasteiger charge is -2.30. The molecule has 1 N–H and O–H groups in total. The molecule has 0 radical (unpaired) electrons. The molecule has 0 unspecified atom stereocenters. The number of rotatable bonds is 4. The minimum absolute atomic E-state index is 0.0113. The van der Waals surface area contributed by atoms with Crippen LogP contribution in [0.3, 0.4) is 0 Å². The number of carbonyl (C=O) groups is 1. The Balaban J connectivity index is 1.96. The molecule has 1 aliphatic heterocycles. The molecule has 1 aliphatic rings. The van der Waals surface area contributed by atoms with Crippen molar-refractivity contribution >= 4 is 33.1 Å². The molecule has 28 heavy (non-hydrogen) atoms. The van der Waals surface area contributed by atoms with Crippen LogP contribution in [0.25, 0.3) is 0 Å². The highest BCUT2D eigenvalue weighted by atomic mass is 32.2. The topological polar surface area (TPSA) is 103 Å². The number of amidine groups is 1. The Kier molecular flexibility index (Phi) is 5.21. The highest BCUT2D eigenvalue weighted by molar-refractivity contribution is 7.90. The molecule has 7 nitrogen and oxygen atoms in total. The molecule has 0 saturated heterocycles. The quantitative estimate of drug-likeness (QED) is 0.853. The molecule has 0 saturated carbocycles. The number of amides is 1. The third-order valence-corrected chi connectivity index (χ3v) is 5.62. The fraction of sp³-hybridized carbons (Fsp3) is 0.250. The molecule has 2 aromatic rings. The Hall–Kier alpha value is -3.18. The van der Waals surface area contributed by atoms with Crippen LogP contribution in [0.5, 0.6) is 0 Å². The van der Waals surface area contributed by atoms with Gasteiger partial charge in [0.25, 0.3) is 15.9 Å². The first-order valence-electron chi connectivity index (χ1n) is 8.76. The van der Waals surface area contributed by atoms with E-state index in [0.717, 1.165) is 0 Å². The summed E-state index contributed by atoms with van der Waals surface area (Å²) in [6.07, 6.45) is 0. The fourth-order valence-electron chi connectivity index (χ4n) is 3.00. The van der Waals surface area contributed by atoms with Crippen molar-refractivity contribution in [2.75, 3.05) is 16.8 Å². The number of nitriles is 1. The molecule has 0 bridgehead atoms. The number of hydrogen-bond acceptors (Lipinski definition) is 5. The van der Waals surface area contributed by atoms with Crippen LogP contribution in [0.4, 0.5) is 11.4 Å². The summed E-state index contributed by atoms with van der Waals surface area (Å²) in [6, 6.07) is 13.1. The van der Waals surface area contributed by atoms with Gasteiger partial charge in [0.1, 0.15) is 10.7 Å². The molecule has 1 heterocycles. The second-order valence-corrected chi connectivity index (χ2v) is 8.52. The average molecular weight is 396 g/mol. The van der Waals surface area contributed by atoms with E-state index in [1.807, 2.05) is 24.8 Å². The van der Waals surface area contributed by atoms with Gasteiger partial charge in [-0.3, -0.25) is 4.79 Å². The van der Waals surface area contributed by atoms with E-state index in [9.17, 15) is 13.2 Å². The maximum Gasteiger partial charge on any atom is 0.286 e. The number of fused-ring (bicyclic) bond motifs is 1. The van der Waals surface area contributed by atoms with E-state index in [0.29, 0.717) is 35.2 Å². The zero-order valence-electron chi connectivity index (χ0n) is 15.8. The summed E-state index contributed by atoms with van der Waals surface area (Å²) in [7, 11) is -3.88. The summed E-state index contributed by atoms with van der Waals surface area (Å²) in [4.78, 5) is 14.5. The van der Waals surface area contributed by atoms with Gasteiger partial charge in [-0.1, -0.05) is 19.9 Å². The third-order valence-electron chi connectivity index (χ3n) is 4.23. The molecule has 0 aliphatic carbocycles. The molecule has 3 rings (SSSR count). The molecule has 2 aromatic carbocycles. The number of nitrogens with zero attached hydrogens (tertiary/aromatic N) is 3. The standard InChI is InChI=1S/C20H20N4O3S/c1-13(2)12-24-14(3)23-28(26,27)19-10-16(7-8-18(19)24)20(25)22-17-6-4-5-15(9-17)11-21/h4-10,13H,12H2,1-3H3,(H,22,25). The smallest absolute Gasteiger partial charge is 0.286 e. The number of sulfonamides is 1. The maximum atomic E-state index is 12.6. The van der Waals surface area contributed by atoms with E-state index in [1.54, 1.807) is 43.3 Å². The molecule has 0 spiro atoms. The monoisotopic (exact) mass is 396 g/mol. The average Bonchev–Trinajstić information content (AvgIpc) is 2.64. The Morgan fingerprint density at radius 1 is 1.25 bits per heavy atom. The van der Waals surface area contributed by atoms with Crippen molar-refractivity contribution in [1.82, 2.24) is 0 Å². The second-order valence-electron chi connectivity index (χ2n) is 6.95. The molecular weight excluding hydrogens is 376 g/mol. The van der Waals surface area contributed by atoms with Crippen LogP contribution in [0.2, 0.25) is 0 Å². The summed E-state index contributed by atoms with van der Waals surface area (Å²) in [5.74, 6) is 0.246. The predicted molar refractivity (Wildman–Crippen MR) is 108 cm³/mol. The summed E-state index contributed by atoms with van der Waals surface area (Å²) < 4.78 is 28.9. The minimum Gasteiger partial charge on any atom is -0.328 e. The van der Waals surface area contributed by atoms with Gasteiger partial charge < -0.3 is 10.2 Å². The molecule has 0 aromatic heterocycles. The molecular formula is C20H20N4O3S. The Labute approximate surface area is 164 Å². The van der Waals surface area contributed by atoms with Gasteiger partial charge in [-0.25, -0.2) is 0 Å². The van der Waals surface area contributed by atoms with E-state index >= 15 is 0 Å². The highest BCUT2D eigenvalue weighted by Gasteiger charge is 2.30. The van der Waals surface area contributed by atoms with E-state index < -0.39 is 15.9 Å². The number of nitrogens with one attached hydrogen (secondary N) is 1. The zero-order chi connectivity index (χ0) is 20.5. The van der Waals surface area contributed by atoms with Crippen molar-refractivity contribution in [3.63, 3.8) is 0 Å². The normalized spacial score (nSPS) is 14.8. The summed E-state index contributed by atoms with van der Waals surface area (Å²) in [5, 5.41) is 11.7. The lowest BCUT2D eigenvalue weighted by Crippen LogP contribution is -2.36. The summed E-state index contributed by atoms with van der Waals surface area (Å²) in [5.41, 5.74) is 1.59. The van der Waals surface area contributed by atoms with Crippen molar-refractivity contribution in [2.24, 2.45) is 10.3 Å². The third kappa shape index (κ3) is 3.89. The first kappa shape index (κ1) is 19.6. The minimum atomic E-state index is -3.88. The van der Waals surface area contributed by atoms with Gasteiger partial charge in [0, 0.05) is 17.8 Å².